The molecule has 0 saturated heterocycles. The number of aliphatic carboxylic acids is 2. The number of phenolic OH excluding ortho intramolecular Hbond substituents is 2. The van der Waals surface area contributed by atoms with Gasteiger partial charge in [-0.05, 0) is 30.5 Å². The van der Waals surface area contributed by atoms with Crippen LogP contribution in [0.3, 0.4) is 0 Å². The van der Waals surface area contributed by atoms with Crippen molar-refractivity contribution < 1.29 is 48.8 Å². The lowest BCUT2D eigenvalue weighted by Crippen LogP contribution is -2.52. The van der Waals surface area contributed by atoms with Crippen molar-refractivity contribution >= 4 is 34.7 Å². The van der Waals surface area contributed by atoms with Crippen molar-refractivity contribution in [1.29, 1.82) is 0 Å². The Balaban J connectivity index is 1.69. The van der Waals surface area contributed by atoms with Gasteiger partial charge < -0.3 is 45.9 Å². The van der Waals surface area contributed by atoms with Crippen molar-refractivity contribution in [3.8, 4) is 28.4 Å². The van der Waals surface area contributed by atoms with Crippen molar-refractivity contribution in [2.45, 2.75) is 37.8 Å². The molecule has 0 aliphatic carbocycles. The number of fused-ring (bicyclic) bond motifs is 1. The van der Waals surface area contributed by atoms with Gasteiger partial charge in [0.2, 0.25) is 17.2 Å². The predicted molar refractivity (Wildman–Crippen MR) is 143 cm³/mol. The van der Waals surface area contributed by atoms with Gasteiger partial charge in [0, 0.05) is 25.0 Å². The summed E-state index contributed by atoms with van der Waals surface area (Å²) in [4.78, 5) is 60.0. The second kappa shape index (κ2) is 13.8. The number of carbonyl (C=O) groups is 4. The molecule has 1 heterocycles. The average molecular weight is 572 g/mol. The van der Waals surface area contributed by atoms with E-state index in [-0.39, 0.29) is 66.2 Å². The Morgan fingerprint density at radius 2 is 1.59 bits per heavy atom. The molecule has 0 fully saturated rings. The minimum Gasteiger partial charge on any atom is -0.508 e. The summed E-state index contributed by atoms with van der Waals surface area (Å²) < 4.78 is 11.2. The van der Waals surface area contributed by atoms with Crippen molar-refractivity contribution in [3.05, 3.63) is 52.9 Å². The van der Waals surface area contributed by atoms with Crippen LogP contribution in [0.4, 0.5) is 0 Å². The Bertz CT molecular complexity index is 1480. The van der Waals surface area contributed by atoms with Gasteiger partial charge in [-0.25, -0.2) is 0 Å². The van der Waals surface area contributed by atoms with Gasteiger partial charge in [0.05, 0.1) is 18.2 Å². The first kappa shape index (κ1) is 30.4. The number of carbonyl (C=O) groups excluding carboxylic acids is 2. The Labute approximate surface area is 232 Å². The van der Waals surface area contributed by atoms with Crippen molar-refractivity contribution in [1.82, 2.24) is 10.6 Å². The molecule has 218 valence electrons. The number of benzene rings is 2. The number of ether oxygens (including phenoxy) is 1. The fourth-order valence-corrected chi connectivity index (χ4v) is 3.84. The molecule has 14 nitrogen and oxygen atoms in total. The SMILES string of the molecule is N[C@@H](CCC(=O)O)C(=O)N[C@H](CCC(=O)O)C(=O)NCCOc1cc(O)cc2occ(-c3ccc(O)cc3)c(=O)c12. The predicted octanol–water partition coefficient (Wildman–Crippen LogP) is 0.908. The van der Waals surface area contributed by atoms with Crippen molar-refractivity contribution in [3.63, 3.8) is 0 Å². The Hall–Kier alpha value is -5.11. The second-order valence-corrected chi connectivity index (χ2v) is 9.01. The quantitative estimate of drug-likeness (QED) is 0.134. The molecule has 3 aromatic rings. The van der Waals surface area contributed by atoms with E-state index in [1.54, 1.807) is 0 Å². The van der Waals surface area contributed by atoms with Gasteiger partial charge in [-0.3, -0.25) is 24.0 Å². The molecule has 41 heavy (non-hydrogen) atoms. The molecule has 0 aliphatic rings. The molecular weight excluding hydrogens is 542 g/mol. The van der Waals surface area contributed by atoms with E-state index < -0.39 is 47.7 Å². The maximum Gasteiger partial charge on any atom is 0.303 e. The van der Waals surface area contributed by atoms with Crippen LogP contribution in [-0.2, 0) is 19.2 Å². The molecule has 2 aromatic carbocycles. The van der Waals surface area contributed by atoms with Gasteiger partial charge in [0.1, 0.15) is 47.1 Å². The summed E-state index contributed by atoms with van der Waals surface area (Å²) in [5, 5.41) is 42.2. The average Bonchev–Trinajstić information content (AvgIpc) is 2.92. The van der Waals surface area contributed by atoms with Gasteiger partial charge in [0.15, 0.2) is 0 Å². The first-order chi connectivity index (χ1) is 19.5. The number of carboxylic acid groups (broad SMARTS) is 2. The number of aromatic hydroxyl groups is 2. The molecule has 0 aliphatic heterocycles. The van der Waals surface area contributed by atoms with E-state index in [0.29, 0.717) is 5.56 Å². The summed E-state index contributed by atoms with van der Waals surface area (Å²) in [5.74, 6) is -4.14. The summed E-state index contributed by atoms with van der Waals surface area (Å²) in [6, 6.07) is 5.84. The maximum atomic E-state index is 13.3. The third kappa shape index (κ3) is 8.44. The van der Waals surface area contributed by atoms with Crippen LogP contribution in [0.1, 0.15) is 25.7 Å². The zero-order valence-corrected chi connectivity index (χ0v) is 21.7. The molecule has 0 saturated carbocycles. The fraction of sp³-hybridized carbons (Fsp3) is 0.296. The largest absolute Gasteiger partial charge is 0.508 e. The number of amides is 2. The molecule has 3 rings (SSSR count). The van der Waals surface area contributed by atoms with Gasteiger partial charge in [-0.2, -0.15) is 0 Å². The highest BCUT2D eigenvalue weighted by Crippen LogP contribution is 2.31. The molecule has 1 aromatic heterocycles. The second-order valence-electron chi connectivity index (χ2n) is 9.01. The fourth-order valence-electron chi connectivity index (χ4n) is 3.84. The molecule has 2 amide bonds. The van der Waals surface area contributed by atoms with E-state index >= 15 is 0 Å². The van der Waals surface area contributed by atoms with E-state index in [1.165, 1.54) is 42.7 Å². The number of hydrogen-bond acceptors (Lipinski definition) is 10. The highest BCUT2D eigenvalue weighted by molar-refractivity contribution is 5.90. The molecule has 0 spiro atoms. The van der Waals surface area contributed by atoms with Crippen LogP contribution >= 0.6 is 0 Å². The van der Waals surface area contributed by atoms with Crippen LogP contribution < -0.4 is 26.5 Å². The number of hydrogen-bond donors (Lipinski definition) is 7. The Morgan fingerprint density at radius 1 is 0.927 bits per heavy atom. The summed E-state index contributed by atoms with van der Waals surface area (Å²) in [6.07, 6.45) is -0.00993. The molecule has 0 bridgehead atoms. The summed E-state index contributed by atoms with van der Waals surface area (Å²) in [6.45, 7) is -0.325. The number of nitrogens with one attached hydrogen (secondary N) is 2. The Morgan fingerprint density at radius 3 is 2.24 bits per heavy atom. The molecule has 0 radical (unpaired) electrons. The molecule has 0 unspecified atom stereocenters. The summed E-state index contributed by atoms with van der Waals surface area (Å²) in [7, 11) is 0. The highest BCUT2D eigenvalue weighted by Gasteiger charge is 2.25. The third-order valence-corrected chi connectivity index (χ3v) is 5.95. The number of carboxylic acids is 2. The van der Waals surface area contributed by atoms with Gasteiger partial charge in [-0.1, -0.05) is 12.1 Å². The van der Waals surface area contributed by atoms with Crippen LogP contribution in [-0.4, -0.2) is 69.4 Å². The van der Waals surface area contributed by atoms with Crippen LogP contribution in [0.15, 0.2) is 51.9 Å². The van der Waals surface area contributed by atoms with Crippen LogP contribution in [0.2, 0.25) is 0 Å². The van der Waals surface area contributed by atoms with E-state index in [1.807, 2.05) is 0 Å². The van der Waals surface area contributed by atoms with Crippen molar-refractivity contribution in [2.75, 3.05) is 13.2 Å². The smallest absolute Gasteiger partial charge is 0.303 e. The molecule has 8 N–H and O–H groups in total. The monoisotopic (exact) mass is 571 g/mol. The molecular formula is C27H29N3O11. The highest BCUT2D eigenvalue weighted by atomic mass is 16.5. The summed E-state index contributed by atoms with van der Waals surface area (Å²) in [5.41, 5.74) is 5.91. The van der Waals surface area contributed by atoms with E-state index in [0.717, 1.165) is 0 Å². The lowest BCUT2D eigenvalue weighted by molar-refractivity contribution is -0.139. The first-order valence-corrected chi connectivity index (χ1v) is 12.4. The van der Waals surface area contributed by atoms with Gasteiger partial charge >= 0.3 is 11.9 Å². The number of rotatable bonds is 14. The number of phenols is 2. The number of nitrogens with two attached hydrogens (primary N) is 1. The van der Waals surface area contributed by atoms with Crippen LogP contribution in [0.25, 0.3) is 22.1 Å². The topological polar surface area (TPSA) is 239 Å². The van der Waals surface area contributed by atoms with E-state index in [9.17, 15) is 34.2 Å². The zero-order valence-electron chi connectivity index (χ0n) is 21.7. The van der Waals surface area contributed by atoms with E-state index in [2.05, 4.69) is 10.6 Å². The standard InChI is InChI=1S/C27H29N3O11/c28-18(5-7-22(33)34)26(38)30-19(6-8-23(35)36)27(39)29-9-10-40-20-11-16(32)12-21-24(20)25(37)17(13-41-21)14-1-3-15(31)4-2-14/h1-4,11-13,18-19,31-32H,5-10,28H2,(H,29,39)(H,30,38)(H,33,34)(H,35,36)/t18-,19+/m0/s1. The minimum atomic E-state index is -1.27. The molecule has 14 heteroatoms. The maximum absolute atomic E-state index is 13.3. The third-order valence-electron chi connectivity index (χ3n) is 5.95. The van der Waals surface area contributed by atoms with E-state index in [4.69, 9.17) is 25.1 Å². The van der Waals surface area contributed by atoms with Gasteiger partial charge in [0.25, 0.3) is 0 Å². The lowest BCUT2D eigenvalue weighted by Gasteiger charge is -2.20. The zero-order chi connectivity index (χ0) is 30.1. The minimum absolute atomic E-state index is 0.0146. The van der Waals surface area contributed by atoms with Crippen molar-refractivity contribution in [2.24, 2.45) is 5.73 Å². The first-order valence-electron chi connectivity index (χ1n) is 12.4. The van der Waals surface area contributed by atoms with Gasteiger partial charge in [-0.15, -0.1) is 0 Å². The Kier molecular flexibility index (Phi) is 10.2. The van der Waals surface area contributed by atoms with Crippen LogP contribution in [0.5, 0.6) is 17.2 Å². The normalized spacial score (nSPS) is 12.3. The lowest BCUT2D eigenvalue weighted by atomic mass is 10.0. The molecule has 2 atom stereocenters. The van der Waals surface area contributed by atoms with Crippen LogP contribution in [0, 0.1) is 0 Å². The summed E-state index contributed by atoms with van der Waals surface area (Å²) >= 11 is 0.